The fourth-order valence-corrected chi connectivity index (χ4v) is 7.88. The van der Waals surface area contributed by atoms with E-state index in [1.807, 2.05) is 121 Å². The molecule has 2 aromatic heterocycles. The van der Waals surface area contributed by atoms with Crippen molar-refractivity contribution in [2.45, 2.75) is 0 Å². The second-order valence-electron chi connectivity index (χ2n) is 14.4. The van der Waals surface area contributed by atoms with Gasteiger partial charge in [-0.15, -0.1) is 0 Å². The minimum absolute atomic E-state index is 0.329. The Morgan fingerprint density at radius 3 is 1.38 bits per heavy atom. The SMILES string of the molecule is N#Cc1cccc(-c2ccc3c(c2)c2cc(-c4cccc(C#N)c4)ccc2n3-c2cc(-c3ccccc3F)ccc2-c2nc(-c3ccccc3)nc(-c3ccccc3)n2)c1. The third kappa shape index (κ3) is 6.53. The molecule has 0 saturated heterocycles. The average molecular weight is 771 g/mol. The van der Waals surface area contributed by atoms with Crippen LogP contribution in [0.4, 0.5) is 4.39 Å². The first-order valence-corrected chi connectivity index (χ1v) is 19.4. The first-order chi connectivity index (χ1) is 29.5. The molecule has 60 heavy (non-hydrogen) atoms. The third-order valence-electron chi connectivity index (χ3n) is 10.8. The first-order valence-electron chi connectivity index (χ1n) is 19.4. The van der Waals surface area contributed by atoms with Crippen LogP contribution in [0.25, 0.3) is 95.0 Å². The predicted octanol–water partition coefficient (Wildman–Crippen LogP) is 12.9. The first kappa shape index (κ1) is 35.9. The van der Waals surface area contributed by atoms with Crippen LogP contribution in [0.1, 0.15) is 11.1 Å². The summed E-state index contributed by atoms with van der Waals surface area (Å²) < 4.78 is 17.8. The highest BCUT2D eigenvalue weighted by Gasteiger charge is 2.22. The van der Waals surface area contributed by atoms with Crippen LogP contribution < -0.4 is 0 Å². The van der Waals surface area contributed by atoms with Crippen molar-refractivity contribution in [3.8, 4) is 85.4 Å². The van der Waals surface area contributed by atoms with E-state index < -0.39 is 0 Å². The van der Waals surface area contributed by atoms with Crippen molar-refractivity contribution in [2.24, 2.45) is 0 Å². The summed E-state index contributed by atoms with van der Waals surface area (Å²) in [5, 5.41) is 21.4. The molecule has 8 aromatic carbocycles. The normalized spacial score (nSPS) is 11.1. The Labute approximate surface area is 345 Å². The molecular formula is C53H31FN6. The number of nitriles is 2. The zero-order valence-electron chi connectivity index (χ0n) is 32.0. The van der Waals surface area contributed by atoms with E-state index in [1.54, 1.807) is 24.3 Å². The van der Waals surface area contributed by atoms with Gasteiger partial charge in [-0.3, -0.25) is 0 Å². The molecule has 0 N–H and O–H groups in total. The van der Waals surface area contributed by atoms with Gasteiger partial charge in [0.15, 0.2) is 17.5 Å². The summed E-state index contributed by atoms with van der Waals surface area (Å²) in [7, 11) is 0. The summed E-state index contributed by atoms with van der Waals surface area (Å²) in [5.74, 6) is 1.19. The van der Waals surface area contributed by atoms with Crippen LogP contribution in [0.3, 0.4) is 0 Å². The van der Waals surface area contributed by atoms with Crippen molar-refractivity contribution in [1.29, 1.82) is 10.5 Å². The topological polar surface area (TPSA) is 91.2 Å². The van der Waals surface area contributed by atoms with E-state index >= 15 is 4.39 Å². The van der Waals surface area contributed by atoms with Crippen molar-refractivity contribution < 1.29 is 4.39 Å². The molecule has 0 radical (unpaired) electrons. The van der Waals surface area contributed by atoms with Crippen LogP contribution in [0.15, 0.2) is 188 Å². The second kappa shape index (κ2) is 15.1. The summed E-state index contributed by atoms with van der Waals surface area (Å²) in [6.45, 7) is 0. The molecular weight excluding hydrogens is 740 g/mol. The molecule has 2 heterocycles. The molecule has 10 aromatic rings. The molecule has 0 atom stereocenters. The molecule has 10 rings (SSSR count). The largest absolute Gasteiger partial charge is 0.308 e. The lowest BCUT2D eigenvalue weighted by Gasteiger charge is -2.17. The molecule has 0 unspecified atom stereocenters. The quantitative estimate of drug-likeness (QED) is 0.161. The number of aromatic nitrogens is 4. The Hall–Kier alpha value is -8.52. The monoisotopic (exact) mass is 770 g/mol. The van der Waals surface area contributed by atoms with Gasteiger partial charge in [0.05, 0.1) is 40.0 Å². The highest BCUT2D eigenvalue weighted by atomic mass is 19.1. The minimum Gasteiger partial charge on any atom is -0.308 e. The maximum absolute atomic E-state index is 15.6. The maximum Gasteiger partial charge on any atom is 0.166 e. The van der Waals surface area contributed by atoms with Gasteiger partial charge in [0.25, 0.3) is 0 Å². The van der Waals surface area contributed by atoms with E-state index in [0.717, 1.165) is 66.4 Å². The number of rotatable bonds is 7. The van der Waals surface area contributed by atoms with Gasteiger partial charge >= 0.3 is 0 Å². The zero-order valence-corrected chi connectivity index (χ0v) is 32.0. The third-order valence-corrected chi connectivity index (χ3v) is 10.8. The number of nitrogens with zero attached hydrogens (tertiary/aromatic N) is 6. The van der Waals surface area contributed by atoms with E-state index in [9.17, 15) is 10.5 Å². The fraction of sp³-hybridized carbons (Fsp3) is 0. The lowest BCUT2D eigenvalue weighted by molar-refractivity contribution is 0.631. The lowest BCUT2D eigenvalue weighted by atomic mass is 9.99. The van der Waals surface area contributed by atoms with E-state index in [0.29, 0.717) is 39.7 Å². The number of hydrogen-bond acceptors (Lipinski definition) is 5. The fourth-order valence-electron chi connectivity index (χ4n) is 7.88. The summed E-state index contributed by atoms with van der Waals surface area (Å²) in [6, 6.07) is 64.7. The lowest BCUT2D eigenvalue weighted by Crippen LogP contribution is -2.04. The molecule has 7 heteroatoms. The van der Waals surface area contributed by atoms with Gasteiger partial charge in [0.2, 0.25) is 0 Å². The highest BCUT2D eigenvalue weighted by Crippen LogP contribution is 2.41. The minimum atomic E-state index is -0.329. The van der Waals surface area contributed by atoms with Crippen LogP contribution in [0.2, 0.25) is 0 Å². The summed E-state index contributed by atoms with van der Waals surface area (Å²) >= 11 is 0. The number of fused-ring (bicyclic) bond motifs is 3. The molecule has 0 amide bonds. The Balaban J connectivity index is 1.29. The molecule has 0 aliphatic rings. The molecule has 0 fully saturated rings. The van der Waals surface area contributed by atoms with Crippen LogP contribution >= 0.6 is 0 Å². The molecule has 0 spiro atoms. The van der Waals surface area contributed by atoms with Crippen LogP contribution in [0, 0.1) is 28.5 Å². The van der Waals surface area contributed by atoms with Gasteiger partial charge in [-0.25, -0.2) is 19.3 Å². The molecule has 6 nitrogen and oxygen atoms in total. The van der Waals surface area contributed by atoms with Gasteiger partial charge in [-0.1, -0.05) is 121 Å². The maximum atomic E-state index is 15.6. The number of halogens is 1. The molecule has 0 aliphatic carbocycles. The molecule has 0 aliphatic heterocycles. The highest BCUT2D eigenvalue weighted by molar-refractivity contribution is 6.12. The predicted molar refractivity (Wildman–Crippen MR) is 236 cm³/mol. The average Bonchev–Trinajstić information content (AvgIpc) is 3.65. The summed E-state index contributed by atoms with van der Waals surface area (Å²) in [4.78, 5) is 15.2. The van der Waals surface area contributed by atoms with Crippen LogP contribution in [-0.2, 0) is 0 Å². The van der Waals surface area contributed by atoms with Crippen molar-refractivity contribution in [1.82, 2.24) is 19.5 Å². The van der Waals surface area contributed by atoms with E-state index in [4.69, 9.17) is 15.0 Å². The van der Waals surface area contributed by atoms with E-state index in [2.05, 4.69) is 53.1 Å². The zero-order chi connectivity index (χ0) is 40.6. The van der Waals surface area contributed by atoms with Crippen LogP contribution in [0.5, 0.6) is 0 Å². The number of benzene rings is 8. The molecule has 280 valence electrons. The van der Waals surface area contributed by atoms with Crippen LogP contribution in [-0.4, -0.2) is 19.5 Å². The smallest absolute Gasteiger partial charge is 0.166 e. The van der Waals surface area contributed by atoms with E-state index in [-0.39, 0.29) is 5.82 Å². The standard InChI is InChI=1S/C53H31FN6/c54-47-20-8-7-19-43(47)42-21-24-44(53-58-51(36-13-3-1-4-14-36)57-52(59-53)37-15-5-2-6-16-37)50(31-42)60-48-25-22-40(38-17-9-11-34(27-38)32-55)29-45(48)46-30-41(23-26-49(46)60)39-18-10-12-35(28-39)33-56/h1-31H. The Bertz CT molecular complexity index is 3190. The second-order valence-corrected chi connectivity index (χ2v) is 14.4. The van der Waals surface area contributed by atoms with Crippen molar-refractivity contribution >= 4 is 21.8 Å². The van der Waals surface area contributed by atoms with Gasteiger partial charge in [-0.05, 0) is 94.5 Å². The van der Waals surface area contributed by atoms with Gasteiger partial charge < -0.3 is 4.57 Å². The summed E-state index contributed by atoms with van der Waals surface area (Å²) in [6.07, 6.45) is 0. The number of hydrogen-bond donors (Lipinski definition) is 0. The Morgan fingerprint density at radius 2 is 0.850 bits per heavy atom. The summed E-state index contributed by atoms with van der Waals surface area (Å²) in [5.41, 5.74) is 11.0. The Morgan fingerprint density at radius 1 is 0.383 bits per heavy atom. The van der Waals surface area contributed by atoms with Gasteiger partial charge in [0, 0.05) is 33.0 Å². The van der Waals surface area contributed by atoms with Crippen molar-refractivity contribution in [3.05, 3.63) is 205 Å². The van der Waals surface area contributed by atoms with Crippen molar-refractivity contribution in [2.75, 3.05) is 0 Å². The van der Waals surface area contributed by atoms with Gasteiger partial charge in [-0.2, -0.15) is 10.5 Å². The van der Waals surface area contributed by atoms with E-state index in [1.165, 1.54) is 6.07 Å². The molecule has 0 saturated carbocycles. The Kier molecular flexibility index (Phi) is 9.02. The van der Waals surface area contributed by atoms with Gasteiger partial charge in [0.1, 0.15) is 5.82 Å². The van der Waals surface area contributed by atoms with Crippen molar-refractivity contribution in [3.63, 3.8) is 0 Å². The molecule has 0 bridgehead atoms.